The molecule has 0 aliphatic carbocycles. The summed E-state index contributed by atoms with van der Waals surface area (Å²) in [7, 11) is 1.63. The number of aliphatic hydroxyl groups is 1. The highest BCUT2D eigenvalue weighted by molar-refractivity contribution is 7.47. The Balaban J connectivity index is 4.04. The van der Waals surface area contributed by atoms with Crippen LogP contribution >= 0.6 is 7.82 Å². The summed E-state index contributed by atoms with van der Waals surface area (Å²) in [6.07, 6.45) is 79.5. The highest BCUT2D eigenvalue weighted by Crippen LogP contribution is 2.43. The molecule has 0 aliphatic rings. The third-order valence-electron chi connectivity index (χ3n) is 15.9. The number of likely N-dealkylation sites (N-methyl/N-ethyl adjacent to an activating group) is 1. The van der Waals surface area contributed by atoms with E-state index in [4.69, 9.17) is 9.05 Å². The number of phosphoric acid groups is 1. The summed E-state index contributed by atoms with van der Waals surface area (Å²) in [4.78, 5) is 23.5. The lowest BCUT2D eigenvalue weighted by molar-refractivity contribution is -0.870. The third-order valence-corrected chi connectivity index (χ3v) is 16.9. The second kappa shape index (κ2) is 60.3. The number of unbranched alkanes of at least 4 members (excludes halogenated alkanes) is 45. The maximum Gasteiger partial charge on any atom is 0.472 e. The average Bonchev–Trinajstić information content (AvgIpc) is 3.41. The Kier molecular flexibility index (Phi) is 59.3. The molecule has 462 valence electrons. The SMILES string of the molecule is CCCCCCC/C=C\C/C=C\C/C=C\CCCCCCCCCCCCCCCCC(=O)NC(COP(=O)(O)OCC[N+](C)(C)C)C(O)CCCCCCCCCCCCCCCCCCCCCCCCCCCCC. The van der Waals surface area contributed by atoms with Crippen LogP contribution in [0.5, 0.6) is 0 Å². The van der Waals surface area contributed by atoms with Crippen molar-refractivity contribution in [1.29, 1.82) is 0 Å². The van der Waals surface area contributed by atoms with Crippen LogP contribution in [0.1, 0.15) is 348 Å². The molecule has 3 N–H and O–H groups in total. The minimum absolute atomic E-state index is 0.0757. The summed E-state index contributed by atoms with van der Waals surface area (Å²) in [6.45, 7) is 4.93. The van der Waals surface area contributed by atoms with Gasteiger partial charge in [0.2, 0.25) is 5.91 Å². The number of allylic oxidation sites excluding steroid dienone is 6. The first-order valence-electron chi connectivity index (χ1n) is 34.4. The van der Waals surface area contributed by atoms with Crippen LogP contribution < -0.4 is 5.32 Å². The van der Waals surface area contributed by atoms with Gasteiger partial charge in [-0.2, -0.15) is 0 Å². The molecule has 0 aromatic rings. The summed E-state index contributed by atoms with van der Waals surface area (Å²) in [5.74, 6) is -0.140. The van der Waals surface area contributed by atoms with E-state index in [1.165, 1.54) is 270 Å². The summed E-state index contributed by atoms with van der Waals surface area (Å²) in [5.41, 5.74) is 0. The molecule has 78 heavy (non-hydrogen) atoms. The fourth-order valence-electron chi connectivity index (χ4n) is 10.5. The van der Waals surface area contributed by atoms with Gasteiger partial charge in [-0.1, -0.05) is 326 Å². The molecule has 0 saturated carbocycles. The number of quaternary nitrogens is 1. The number of hydrogen-bond acceptors (Lipinski definition) is 5. The Labute approximate surface area is 487 Å². The molecule has 9 heteroatoms. The van der Waals surface area contributed by atoms with Crippen LogP contribution in [0.3, 0.4) is 0 Å². The first kappa shape index (κ1) is 76.7. The van der Waals surface area contributed by atoms with Gasteiger partial charge in [0.25, 0.3) is 0 Å². The number of rotatable bonds is 64. The normalized spacial score (nSPS) is 13.9. The quantitative estimate of drug-likeness (QED) is 0.0243. The van der Waals surface area contributed by atoms with E-state index in [1.54, 1.807) is 0 Å². The van der Waals surface area contributed by atoms with Crippen molar-refractivity contribution in [2.75, 3.05) is 40.9 Å². The summed E-state index contributed by atoms with van der Waals surface area (Å²) >= 11 is 0. The zero-order valence-electron chi connectivity index (χ0n) is 52.9. The zero-order chi connectivity index (χ0) is 57.0. The minimum Gasteiger partial charge on any atom is -0.391 e. The minimum atomic E-state index is -4.33. The number of phosphoric ester groups is 1. The Morgan fingerprint density at radius 1 is 0.436 bits per heavy atom. The zero-order valence-corrected chi connectivity index (χ0v) is 53.8. The van der Waals surface area contributed by atoms with Crippen LogP contribution in [0.4, 0.5) is 0 Å². The van der Waals surface area contributed by atoms with Crippen LogP contribution in [0, 0.1) is 0 Å². The van der Waals surface area contributed by atoms with Gasteiger partial charge < -0.3 is 19.8 Å². The fraction of sp³-hybridized carbons (Fsp3) is 0.899. The molecule has 0 aliphatic heterocycles. The molecule has 3 unspecified atom stereocenters. The van der Waals surface area contributed by atoms with Crippen molar-refractivity contribution in [2.45, 2.75) is 360 Å². The van der Waals surface area contributed by atoms with Crippen LogP contribution in [0.25, 0.3) is 0 Å². The Morgan fingerprint density at radius 3 is 1.06 bits per heavy atom. The molecule has 8 nitrogen and oxygen atoms in total. The topological polar surface area (TPSA) is 105 Å². The lowest BCUT2D eigenvalue weighted by atomic mass is 10.0. The maximum atomic E-state index is 13.1. The van der Waals surface area contributed by atoms with Crippen molar-refractivity contribution in [2.24, 2.45) is 0 Å². The van der Waals surface area contributed by atoms with Crippen molar-refractivity contribution in [3.8, 4) is 0 Å². The first-order valence-corrected chi connectivity index (χ1v) is 35.8. The van der Waals surface area contributed by atoms with Crippen molar-refractivity contribution >= 4 is 13.7 Å². The molecule has 0 rings (SSSR count). The average molecular weight is 1120 g/mol. The second-order valence-corrected chi connectivity index (χ2v) is 26.4. The van der Waals surface area contributed by atoms with Gasteiger partial charge >= 0.3 is 7.82 Å². The van der Waals surface area contributed by atoms with E-state index in [9.17, 15) is 19.4 Å². The van der Waals surface area contributed by atoms with Crippen molar-refractivity contribution in [3.05, 3.63) is 36.5 Å². The molecule has 0 spiro atoms. The molecular weight excluding hydrogens is 984 g/mol. The Bertz CT molecular complexity index is 1360. The fourth-order valence-corrected chi connectivity index (χ4v) is 11.3. The van der Waals surface area contributed by atoms with Crippen LogP contribution in [-0.2, 0) is 18.4 Å². The van der Waals surface area contributed by atoms with Crippen LogP contribution in [0.2, 0.25) is 0 Å². The van der Waals surface area contributed by atoms with Gasteiger partial charge in [-0.15, -0.1) is 0 Å². The molecule has 0 fully saturated rings. The van der Waals surface area contributed by atoms with Crippen molar-refractivity contribution in [3.63, 3.8) is 0 Å². The number of nitrogens with one attached hydrogen (secondary N) is 1. The van der Waals surface area contributed by atoms with Gasteiger partial charge in [0.1, 0.15) is 13.2 Å². The number of carbonyl (C=O) groups is 1. The molecule has 3 atom stereocenters. The van der Waals surface area contributed by atoms with E-state index in [-0.39, 0.29) is 19.1 Å². The first-order chi connectivity index (χ1) is 38.0. The standard InChI is InChI=1S/C69H135N2O6P/c1-6-8-10-12-14-16-18-20-22-24-26-28-30-32-34-35-37-39-41-43-45-47-49-51-53-55-57-59-61-63-69(73)70-67(66-77-78(74,75)76-65-64-71(3,4)5)68(72)62-60-58-56-54-52-50-48-46-44-42-40-38-36-33-31-29-27-25-23-21-19-17-15-13-11-9-7-2/h18,20,24,26,30,32,67-68,72H,6-17,19,21-23,25,27-29,31,33-66H2,1-5H3,(H-,70,73,74,75)/p+1/b20-18-,26-24-,32-30-. The lowest BCUT2D eigenvalue weighted by Gasteiger charge is -2.26. The highest BCUT2D eigenvalue weighted by atomic mass is 31.2. The molecule has 0 heterocycles. The highest BCUT2D eigenvalue weighted by Gasteiger charge is 2.28. The summed E-state index contributed by atoms with van der Waals surface area (Å²) < 4.78 is 23.9. The van der Waals surface area contributed by atoms with E-state index in [0.29, 0.717) is 23.9 Å². The third kappa shape index (κ3) is 62.3. The van der Waals surface area contributed by atoms with Crippen LogP contribution in [-0.4, -0.2) is 73.4 Å². The van der Waals surface area contributed by atoms with Gasteiger partial charge in [0.15, 0.2) is 0 Å². The van der Waals surface area contributed by atoms with Gasteiger partial charge in [-0.05, 0) is 51.4 Å². The molecule has 0 radical (unpaired) electrons. The maximum absolute atomic E-state index is 13.1. The van der Waals surface area contributed by atoms with Gasteiger partial charge in [-0.3, -0.25) is 13.8 Å². The molecule has 0 bridgehead atoms. The van der Waals surface area contributed by atoms with Gasteiger partial charge in [0.05, 0.1) is 39.9 Å². The van der Waals surface area contributed by atoms with Crippen molar-refractivity contribution < 1.29 is 32.9 Å². The van der Waals surface area contributed by atoms with E-state index in [2.05, 4.69) is 55.6 Å². The number of carbonyl (C=O) groups excluding carboxylic acids is 1. The number of hydrogen-bond donors (Lipinski definition) is 3. The summed E-state index contributed by atoms with van der Waals surface area (Å²) in [6, 6.07) is -0.762. The van der Waals surface area contributed by atoms with E-state index in [0.717, 1.165) is 51.4 Å². The molecular formula is C69H136N2O6P+. The monoisotopic (exact) mass is 1120 g/mol. The largest absolute Gasteiger partial charge is 0.472 e. The predicted molar refractivity (Wildman–Crippen MR) is 341 cm³/mol. The Hall–Kier alpha value is -1.28. The van der Waals surface area contributed by atoms with Crippen LogP contribution in [0.15, 0.2) is 36.5 Å². The Morgan fingerprint density at radius 2 is 0.731 bits per heavy atom. The molecule has 0 aromatic heterocycles. The molecule has 0 saturated heterocycles. The predicted octanol–water partition coefficient (Wildman–Crippen LogP) is 21.7. The van der Waals surface area contributed by atoms with E-state index < -0.39 is 20.0 Å². The van der Waals surface area contributed by atoms with Gasteiger partial charge in [0, 0.05) is 6.42 Å². The van der Waals surface area contributed by atoms with E-state index >= 15 is 0 Å². The van der Waals surface area contributed by atoms with E-state index in [1.807, 2.05) is 21.1 Å². The number of amides is 1. The smallest absolute Gasteiger partial charge is 0.391 e. The van der Waals surface area contributed by atoms with Crippen molar-refractivity contribution in [1.82, 2.24) is 5.32 Å². The van der Waals surface area contributed by atoms with Gasteiger partial charge in [-0.25, -0.2) is 4.57 Å². The molecule has 1 amide bonds. The molecule has 0 aromatic carbocycles. The summed E-state index contributed by atoms with van der Waals surface area (Å²) in [5, 5.41) is 14.1. The second-order valence-electron chi connectivity index (χ2n) is 24.9. The number of aliphatic hydroxyl groups excluding tert-OH is 1. The lowest BCUT2D eigenvalue weighted by Crippen LogP contribution is -2.46. The number of nitrogens with zero attached hydrogens (tertiary/aromatic N) is 1.